The van der Waals surface area contributed by atoms with Crippen LogP contribution in [0.2, 0.25) is 0 Å². The van der Waals surface area contributed by atoms with E-state index in [0.717, 1.165) is 24.0 Å². The van der Waals surface area contributed by atoms with Gasteiger partial charge < -0.3 is 5.32 Å². The molecular weight excluding hydrogens is 336 g/mol. The minimum absolute atomic E-state index is 0.0269. The first kappa shape index (κ1) is 19.9. The lowest BCUT2D eigenvalue weighted by atomic mass is 9.96. The number of sulfonamides is 1. The molecule has 1 saturated heterocycles. The smallest absolute Gasteiger partial charge is 0.223 e. The van der Waals surface area contributed by atoms with Gasteiger partial charge in [-0.25, -0.2) is 12.7 Å². The van der Waals surface area contributed by atoms with Gasteiger partial charge in [0.15, 0.2) is 0 Å². The zero-order valence-corrected chi connectivity index (χ0v) is 16.3. The van der Waals surface area contributed by atoms with Gasteiger partial charge in [-0.3, -0.25) is 4.79 Å². The number of piperidine rings is 1. The van der Waals surface area contributed by atoms with E-state index >= 15 is 0 Å². The molecule has 0 spiro atoms. The average molecular weight is 367 g/mol. The summed E-state index contributed by atoms with van der Waals surface area (Å²) in [7, 11) is -3.33. The van der Waals surface area contributed by atoms with Crippen molar-refractivity contribution in [3.63, 3.8) is 0 Å². The lowest BCUT2D eigenvalue weighted by molar-refractivity contribution is -0.126. The summed E-state index contributed by atoms with van der Waals surface area (Å²) in [5.41, 5.74) is 1.87. The van der Waals surface area contributed by atoms with Crippen LogP contribution in [0.4, 0.5) is 0 Å². The molecule has 0 bridgehead atoms. The minimum atomic E-state index is -3.33. The summed E-state index contributed by atoms with van der Waals surface area (Å²) in [5, 5.41) is 3.04. The van der Waals surface area contributed by atoms with Gasteiger partial charge in [-0.05, 0) is 38.7 Å². The molecular formula is C19H30N2O3S. The van der Waals surface area contributed by atoms with Gasteiger partial charge in [0.05, 0.1) is 5.75 Å². The van der Waals surface area contributed by atoms with Crippen LogP contribution >= 0.6 is 0 Å². The number of amides is 1. The van der Waals surface area contributed by atoms with Crippen molar-refractivity contribution in [3.05, 3.63) is 35.4 Å². The second kappa shape index (κ2) is 8.81. The van der Waals surface area contributed by atoms with Gasteiger partial charge in [0.2, 0.25) is 15.9 Å². The SMILES string of the molecule is CCC[C@@H](C)NC(=O)C1CCN(S(=O)(=O)Cc2cccc(C)c2)CC1. The predicted octanol–water partition coefficient (Wildman–Crippen LogP) is 2.84. The van der Waals surface area contributed by atoms with E-state index < -0.39 is 10.0 Å². The van der Waals surface area contributed by atoms with E-state index in [4.69, 9.17) is 0 Å². The van der Waals surface area contributed by atoms with Crippen LogP contribution in [0.1, 0.15) is 50.7 Å². The third kappa shape index (κ3) is 5.82. The van der Waals surface area contributed by atoms with Crippen molar-refractivity contribution in [1.82, 2.24) is 9.62 Å². The molecule has 1 fully saturated rings. The fourth-order valence-electron chi connectivity index (χ4n) is 3.37. The number of carbonyl (C=O) groups is 1. The number of benzene rings is 1. The second-order valence-corrected chi connectivity index (χ2v) is 9.09. The molecule has 0 unspecified atom stereocenters. The van der Waals surface area contributed by atoms with Crippen molar-refractivity contribution in [2.45, 2.75) is 58.2 Å². The summed E-state index contributed by atoms with van der Waals surface area (Å²) in [6, 6.07) is 7.78. The molecule has 1 aromatic rings. The molecule has 140 valence electrons. The highest BCUT2D eigenvalue weighted by molar-refractivity contribution is 7.88. The van der Waals surface area contributed by atoms with Gasteiger partial charge in [0.1, 0.15) is 0 Å². The second-order valence-electron chi connectivity index (χ2n) is 7.12. The maximum atomic E-state index is 12.6. The van der Waals surface area contributed by atoms with Crippen LogP contribution in [-0.4, -0.2) is 37.8 Å². The zero-order chi connectivity index (χ0) is 18.4. The highest BCUT2D eigenvalue weighted by Crippen LogP contribution is 2.22. The molecule has 1 amide bonds. The number of carbonyl (C=O) groups excluding carboxylic acids is 1. The number of hydrogen-bond donors (Lipinski definition) is 1. The monoisotopic (exact) mass is 366 g/mol. The Labute approximate surface area is 151 Å². The Hall–Kier alpha value is -1.40. The fourth-order valence-corrected chi connectivity index (χ4v) is 4.92. The van der Waals surface area contributed by atoms with E-state index in [1.165, 1.54) is 4.31 Å². The average Bonchev–Trinajstić information content (AvgIpc) is 2.54. The Bertz CT molecular complexity index is 680. The quantitative estimate of drug-likeness (QED) is 0.807. The molecule has 5 nitrogen and oxygen atoms in total. The van der Waals surface area contributed by atoms with Crippen molar-refractivity contribution >= 4 is 15.9 Å². The molecule has 1 heterocycles. The first-order valence-electron chi connectivity index (χ1n) is 9.15. The molecule has 1 atom stereocenters. The number of nitrogens with one attached hydrogen (secondary N) is 1. The normalized spacial score (nSPS) is 18.0. The maximum absolute atomic E-state index is 12.6. The summed E-state index contributed by atoms with van der Waals surface area (Å²) >= 11 is 0. The third-order valence-electron chi connectivity index (χ3n) is 4.76. The van der Waals surface area contributed by atoms with Gasteiger partial charge >= 0.3 is 0 Å². The van der Waals surface area contributed by atoms with Crippen LogP contribution in [0, 0.1) is 12.8 Å². The molecule has 1 N–H and O–H groups in total. The van der Waals surface area contributed by atoms with Crippen LogP contribution in [0.3, 0.4) is 0 Å². The molecule has 25 heavy (non-hydrogen) atoms. The van der Waals surface area contributed by atoms with E-state index in [-0.39, 0.29) is 23.6 Å². The van der Waals surface area contributed by atoms with Crippen LogP contribution in [0.25, 0.3) is 0 Å². The number of aryl methyl sites for hydroxylation is 1. The van der Waals surface area contributed by atoms with E-state index in [1.54, 1.807) is 0 Å². The lowest BCUT2D eigenvalue weighted by Crippen LogP contribution is -2.45. The van der Waals surface area contributed by atoms with E-state index in [1.807, 2.05) is 38.1 Å². The van der Waals surface area contributed by atoms with E-state index in [0.29, 0.717) is 25.9 Å². The molecule has 0 radical (unpaired) electrons. The number of nitrogens with zero attached hydrogens (tertiary/aromatic N) is 1. The van der Waals surface area contributed by atoms with E-state index in [9.17, 15) is 13.2 Å². The van der Waals surface area contributed by atoms with Gasteiger partial charge in [0, 0.05) is 25.0 Å². The third-order valence-corrected chi connectivity index (χ3v) is 6.61. The molecule has 0 aromatic heterocycles. The highest BCUT2D eigenvalue weighted by Gasteiger charge is 2.31. The van der Waals surface area contributed by atoms with Crippen LogP contribution < -0.4 is 5.32 Å². The topological polar surface area (TPSA) is 66.5 Å². The van der Waals surface area contributed by atoms with Gasteiger partial charge in [-0.1, -0.05) is 43.2 Å². The summed E-state index contributed by atoms with van der Waals surface area (Å²) < 4.78 is 26.8. The van der Waals surface area contributed by atoms with Crippen molar-refractivity contribution in [3.8, 4) is 0 Å². The van der Waals surface area contributed by atoms with Gasteiger partial charge in [-0.2, -0.15) is 0 Å². The largest absolute Gasteiger partial charge is 0.353 e. The van der Waals surface area contributed by atoms with Crippen molar-refractivity contribution in [2.24, 2.45) is 5.92 Å². The first-order chi connectivity index (χ1) is 11.8. The summed E-state index contributed by atoms with van der Waals surface area (Å²) in [6.45, 7) is 6.92. The van der Waals surface area contributed by atoms with E-state index in [2.05, 4.69) is 12.2 Å². The molecule has 1 aliphatic rings. The minimum Gasteiger partial charge on any atom is -0.353 e. The Balaban J connectivity index is 1.89. The first-order valence-corrected chi connectivity index (χ1v) is 10.8. The molecule has 1 aliphatic heterocycles. The number of hydrogen-bond acceptors (Lipinski definition) is 3. The Morgan fingerprint density at radius 1 is 1.32 bits per heavy atom. The number of rotatable bonds is 7. The van der Waals surface area contributed by atoms with Gasteiger partial charge in [0.25, 0.3) is 0 Å². The summed E-state index contributed by atoms with van der Waals surface area (Å²) in [4.78, 5) is 12.3. The standard InChI is InChI=1S/C19H30N2O3S/c1-4-6-16(3)20-19(22)18-9-11-21(12-10-18)25(23,24)14-17-8-5-7-15(2)13-17/h5,7-8,13,16,18H,4,6,9-12,14H2,1-3H3,(H,20,22)/t16-/m1/s1. The molecule has 6 heteroatoms. The van der Waals surface area contributed by atoms with Gasteiger partial charge in [-0.15, -0.1) is 0 Å². The predicted molar refractivity (Wildman–Crippen MR) is 101 cm³/mol. The maximum Gasteiger partial charge on any atom is 0.223 e. The van der Waals surface area contributed by atoms with Crippen LogP contribution in [0.5, 0.6) is 0 Å². The van der Waals surface area contributed by atoms with Crippen molar-refractivity contribution in [2.75, 3.05) is 13.1 Å². The zero-order valence-electron chi connectivity index (χ0n) is 15.5. The van der Waals surface area contributed by atoms with Crippen molar-refractivity contribution in [1.29, 1.82) is 0 Å². The van der Waals surface area contributed by atoms with Crippen molar-refractivity contribution < 1.29 is 13.2 Å². The molecule has 0 saturated carbocycles. The lowest BCUT2D eigenvalue weighted by Gasteiger charge is -2.31. The molecule has 1 aromatic carbocycles. The summed E-state index contributed by atoms with van der Waals surface area (Å²) in [6.07, 6.45) is 3.20. The highest BCUT2D eigenvalue weighted by atomic mass is 32.2. The summed E-state index contributed by atoms with van der Waals surface area (Å²) in [5.74, 6) is 0.0143. The Morgan fingerprint density at radius 2 is 2.00 bits per heavy atom. The Morgan fingerprint density at radius 3 is 2.60 bits per heavy atom. The molecule has 2 rings (SSSR count). The Kier molecular flexibility index (Phi) is 7.02. The fraction of sp³-hybridized carbons (Fsp3) is 0.632. The van der Waals surface area contributed by atoms with Crippen LogP contribution in [0.15, 0.2) is 24.3 Å². The molecule has 0 aliphatic carbocycles. The van der Waals surface area contributed by atoms with Crippen LogP contribution in [-0.2, 0) is 20.6 Å².